The molecule has 0 spiro atoms. The van der Waals surface area contributed by atoms with Crippen molar-refractivity contribution in [3.05, 3.63) is 53.3 Å². The average molecular weight is 353 g/mol. The van der Waals surface area contributed by atoms with Gasteiger partial charge in [-0.05, 0) is 43.0 Å². The molecule has 0 radical (unpaired) electrons. The molecule has 7 nitrogen and oxygen atoms in total. The van der Waals surface area contributed by atoms with Gasteiger partial charge in [0.1, 0.15) is 5.75 Å². The number of allylic oxidation sites excluding steroid dienone is 3. The number of aliphatic hydroxyl groups excluding tert-OH is 2. The molecule has 0 fully saturated rings. The Hall–Kier alpha value is -1.92. The Labute approximate surface area is 139 Å². The van der Waals surface area contributed by atoms with Gasteiger partial charge in [-0.2, -0.15) is 4.76 Å². The zero-order valence-corrected chi connectivity index (χ0v) is 13.8. The van der Waals surface area contributed by atoms with Gasteiger partial charge in [0, 0.05) is 12.0 Å². The molecule has 0 heterocycles. The number of aryl methyl sites for hydroxylation is 1. The lowest BCUT2D eigenvalue weighted by atomic mass is 9.93. The standard InChI is InChI=1S/C16H20NO6P/c18-12-6-4-11(5-7-12)2-1-3-16(20)14-9-8-13(19)10-15(14)17-24(21,22)23/h4-9,16,18-20H,1-3,10H2,(H2,21,22,23). The van der Waals surface area contributed by atoms with Crippen LogP contribution in [0.4, 0.5) is 0 Å². The second-order valence-corrected chi connectivity index (χ2v) is 6.82. The van der Waals surface area contributed by atoms with Crippen LogP contribution in [0.1, 0.15) is 24.8 Å². The summed E-state index contributed by atoms with van der Waals surface area (Å²) in [5, 5.41) is 29.0. The van der Waals surface area contributed by atoms with Crippen LogP contribution in [0.25, 0.3) is 0 Å². The zero-order chi connectivity index (χ0) is 17.7. The average Bonchev–Trinajstić information content (AvgIpc) is 2.47. The third kappa shape index (κ3) is 5.62. The van der Waals surface area contributed by atoms with Crippen molar-refractivity contribution in [1.29, 1.82) is 0 Å². The van der Waals surface area contributed by atoms with Gasteiger partial charge in [0.05, 0.1) is 17.6 Å². The maximum absolute atomic E-state index is 11.1. The fourth-order valence-electron chi connectivity index (χ4n) is 2.49. The normalized spacial score (nSPS) is 18.2. The largest absolute Gasteiger partial charge is 0.512 e. The number of benzene rings is 1. The molecule has 2 rings (SSSR count). The van der Waals surface area contributed by atoms with Crippen LogP contribution in [0, 0.1) is 0 Å². The van der Waals surface area contributed by atoms with Crippen LogP contribution in [0.5, 0.6) is 5.75 Å². The van der Waals surface area contributed by atoms with Crippen molar-refractivity contribution in [2.75, 3.05) is 0 Å². The van der Waals surface area contributed by atoms with Crippen LogP contribution in [0.2, 0.25) is 0 Å². The quantitative estimate of drug-likeness (QED) is 0.499. The Morgan fingerprint density at radius 3 is 2.42 bits per heavy atom. The van der Waals surface area contributed by atoms with E-state index in [9.17, 15) is 19.9 Å². The van der Waals surface area contributed by atoms with E-state index < -0.39 is 13.9 Å². The van der Waals surface area contributed by atoms with E-state index in [1.54, 1.807) is 24.3 Å². The lowest BCUT2D eigenvalue weighted by Crippen LogP contribution is -2.21. The summed E-state index contributed by atoms with van der Waals surface area (Å²) in [6.07, 6.45) is 3.47. The lowest BCUT2D eigenvalue weighted by Gasteiger charge is -2.20. The first-order valence-electron chi connectivity index (χ1n) is 7.45. The maximum atomic E-state index is 11.1. The van der Waals surface area contributed by atoms with Crippen LogP contribution in [-0.2, 0) is 11.0 Å². The number of rotatable bonds is 6. The molecule has 8 heteroatoms. The Balaban J connectivity index is 2.01. The van der Waals surface area contributed by atoms with Gasteiger partial charge in [-0.15, -0.1) is 0 Å². The predicted octanol–water partition coefficient (Wildman–Crippen LogP) is 2.38. The van der Waals surface area contributed by atoms with Gasteiger partial charge in [-0.1, -0.05) is 18.2 Å². The zero-order valence-electron chi connectivity index (χ0n) is 12.9. The minimum absolute atomic E-state index is 0.000432. The van der Waals surface area contributed by atoms with Gasteiger partial charge in [0.15, 0.2) is 0 Å². The number of aliphatic hydroxyl groups is 2. The molecule has 0 saturated carbocycles. The van der Waals surface area contributed by atoms with Crippen molar-refractivity contribution in [2.45, 2.75) is 31.8 Å². The summed E-state index contributed by atoms with van der Waals surface area (Å²) in [5.74, 6) is 0.123. The highest BCUT2D eigenvalue weighted by atomic mass is 31.2. The molecule has 0 aliphatic heterocycles. The van der Waals surface area contributed by atoms with E-state index in [-0.39, 0.29) is 23.6 Å². The van der Waals surface area contributed by atoms with E-state index in [1.807, 2.05) is 0 Å². The van der Waals surface area contributed by atoms with E-state index >= 15 is 0 Å². The highest BCUT2D eigenvalue weighted by Crippen LogP contribution is 2.38. The first-order chi connectivity index (χ1) is 11.2. The minimum atomic E-state index is -4.64. The number of aromatic hydroxyl groups is 1. The topological polar surface area (TPSA) is 131 Å². The molecule has 0 aromatic heterocycles. The molecule has 24 heavy (non-hydrogen) atoms. The number of phenols is 1. The van der Waals surface area contributed by atoms with Crippen LogP contribution >= 0.6 is 7.75 Å². The number of hydrogen-bond donors (Lipinski definition) is 5. The molecular formula is C16H20NO6P. The van der Waals surface area contributed by atoms with Gasteiger partial charge in [0.25, 0.3) is 0 Å². The van der Waals surface area contributed by atoms with Crippen LogP contribution in [0.15, 0.2) is 52.5 Å². The van der Waals surface area contributed by atoms with E-state index in [2.05, 4.69) is 4.76 Å². The Kier molecular flexibility index (Phi) is 5.96. The third-order valence-electron chi connectivity index (χ3n) is 3.63. The minimum Gasteiger partial charge on any atom is -0.512 e. The van der Waals surface area contributed by atoms with Gasteiger partial charge >= 0.3 is 7.75 Å². The summed E-state index contributed by atoms with van der Waals surface area (Å²) < 4.78 is 14.4. The summed E-state index contributed by atoms with van der Waals surface area (Å²) >= 11 is 0. The van der Waals surface area contributed by atoms with Crippen LogP contribution in [-0.4, -0.2) is 36.9 Å². The fraction of sp³-hybridized carbons (Fsp3) is 0.312. The molecule has 1 aliphatic carbocycles. The Morgan fingerprint density at radius 1 is 1.12 bits per heavy atom. The van der Waals surface area contributed by atoms with E-state index in [4.69, 9.17) is 9.79 Å². The van der Waals surface area contributed by atoms with Crippen molar-refractivity contribution in [3.8, 4) is 5.75 Å². The SMILES string of the molecule is O=P(O)(O)N=C1CC(O)=CC=C1C(O)CCCc1ccc(O)cc1. The summed E-state index contributed by atoms with van der Waals surface area (Å²) in [6.45, 7) is 0. The molecule has 1 aromatic carbocycles. The highest BCUT2D eigenvalue weighted by Gasteiger charge is 2.23. The molecule has 1 aromatic rings. The summed E-state index contributed by atoms with van der Waals surface area (Å²) in [5.41, 5.74) is 1.32. The van der Waals surface area contributed by atoms with E-state index in [1.165, 1.54) is 12.2 Å². The molecule has 1 aliphatic rings. The van der Waals surface area contributed by atoms with Crippen molar-refractivity contribution >= 4 is 13.5 Å². The fourth-order valence-corrected chi connectivity index (χ4v) is 2.99. The Bertz CT molecular complexity index is 717. The van der Waals surface area contributed by atoms with Gasteiger partial charge in [-0.3, -0.25) is 0 Å². The molecule has 1 atom stereocenters. The summed E-state index contributed by atoms with van der Waals surface area (Å²) in [7, 11) is -4.64. The number of nitrogens with zero attached hydrogens (tertiary/aromatic N) is 1. The molecular weight excluding hydrogens is 333 g/mol. The van der Waals surface area contributed by atoms with Crippen LogP contribution < -0.4 is 0 Å². The second-order valence-electron chi connectivity index (χ2n) is 5.59. The highest BCUT2D eigenvalue weighted by molar-refractivity contribution is 7.50. The Morgan fingerprint density at radius 2 is 1.79 bits per heavy atom. The van der Waals surface area contributed by atoms with Crippen molar-refractivity contribution in [3.63, 3.8) is 0 Å². The molecule has 1 unspecified atom stereocenters. The van der Waals surface area contributed by atoms with Gasteiger partial charge in [0.2, 0.25) is 0 Å². The van der Waals surface area contributed by atoms with E-state index in [0.29, 0.717) is 24.8 Å². The monoisotopic (exact) mass is 353 g/mol. The third-order valence-corrected chi connectivity index (χ3v) is 4.13. The van der Waals surface area contributed by atoms with Crippen molar-refractivity contribution in [2.24, 2.45) is 4.76 Å². The van der Waals surface area contributed by atoms with Crippen LogP contribution in [0.3, 0.4) is 0 Å². The molecule has 130 valence electrons. The lowest BCUT2D eigenvalue weighted by molar-refractivity contribution is 0.202. The number of hydrogen-bond acceptors (Lipinski definition) is 4. The second kappa shape index (κ2) is 7.77. The summed E-state index contributed by atoms with van der Waals surface area (Å²) in [6, 6.07) is 6.77. The predicted molar refractivity (Wildman–Crippen MR) is 89.9 cm³/mol. The van der Waals surface area contributed by atoms with Crippen molar-refractivity contribution in [1.82, 2.24) is 0 Å². The maximum Gasteiger partial charge on any atom is 0.448 e. The van der Waals surface area contributed by atoms with E-state index in [0.717, 1.165) is 5.56 Å². The first-order valence-corrected chi connectivity index (χ1v) is 9.02. The molecule has 0 bridgehead atoms. The summed E-state index contributed by atoms with van der Waals surface area (Å²) in [4.78, 5) is 18.0. The molecule has 5 N–H and O–H groups in total. The van der Waals surface area contributed by atoms with Gasteiger partial charge < -0.3 is 25.1 Å². The molecule has 0 amide bonds. The molecule has 0 saturated heterocycles. The first kappa shape index (κ1) is 18.4. The smallest absolute Gasteiger partial charge is 0.448 e. The van der Waals surface area contributed by atoms with Crippen molar-refractivity contribution < 1.29 is 29.7 Å². The number of phenolic OH excluding ortho intramolecular Hbond substituents is 1. The van der Waals surface area contributed by atoms with Gasteiger partial charge in [-0.25, -0.2) is 4.57 Å².